The van der Waals surface area contributed by atoms with Crippen molar-refractivity contribution in [3.63, 3.8) is 0 Å². The summed E-state index contributed by atoms with van der Waals surface area (Å²) in [7, 11) is 0. The largest absolute Gasteiger partial charge is 0.354 e. The van der Waals surface area contributed by atoms with Crippen LogP contribution in [-0.4, -0.2) is 24.9 Å². The van der Waals surface area contributed by atoms with Crippen molar-refractivity contribution in [2.24, 2.45) is 0 Å². The van der Waals surface area contributed by atoms with Crippen LogP contribution in [0, 0.1) is 17.0 Å². The maximum Gasteiger partial charge on any atom is 0.354 e. The van der Waals surface area contributed by atoms with Gasteiger partial charge in [-0.15, -0.1) is 0 Å². The van der Waals surface area contributed by atoms with Crippen LogP contribution in [0.25, 0.3) is 0 Å². The first kappa shape index (κ1) is 19.9. The molecule has 4 aromatic rings. The topological polar surface area (TPSA) is 110 Å². The number of hydrogen-bond acceptors (Lipinski definition) is 8. The second kappa shape index (κ2) is 8.95. The van der Waals surface area contributed by atoms with E-state index in [4.69, 9.17) is 0 Å². The van der Waals surface area contributed by atoms with Gasteiger partial charge in [-0.25, -0.2) is 19.9 Å². The van der Waals surface area contributed by atoms with E-state index in [9.17, 15) is 10.1 Å². The molecule has 0 aliphatic rings. The molecular formula is C22H19N7O2. The summed E-state index contributed by atoms with van der Waals surface area (Å²) < 4.78 is 0. The van der Waals surface area contributed by atoms with E-state index in [1.165, 1.54) is 6.33 Å². The first-order valence-corrected chi connectivity index (χ1v) is 9.53. The third-order valence-electron chi connectivity index (χ3n) is 4.51. The number of nitro groups is 1. The summed E-state index contributed by atoms with van der Waals surface area (Å²) in [5, 5.41) is 15.0. The van der Waals surface area contributed by atoms with Crippen molar-refractivity contribution in [2.75, 3.05) is 10.2 Å². The standard InChI is InChI=1S/C22H19N7O2/c1-16-10-11-18(24-13-16)27-21-20(29(30)31)22(26-15-25-21)28(19-9-5-6-12-23-19)14-17-7-3-2-4-8-17/h2-13,15H,14H2,1H3,(H,24,25,26,27). The van der Waals surface area contributed by atoms with E-state index >= 15 is 0 Å². The zero-order valence-corrected chi connectivity index (χ0v) is 16.7. The Labute approximate surface area is 178 Å². The Hall–Kier alpha value is -4.40. The predicted molar refractivity (Wildman–Crippen MR) is 117 cm³/mol. The molecule has 3 aromatic heterocycles. The SMILES string of the molecule is Cc1ccc(Nc2ncnc(N(Cc3ccccc3)c3ccccn3)c2[N+](=O)[O-])nc1. The predicted octanol–water partition coefficient (Wildman–Crippen LogP) is 4.57. The number of nitrogens with one attached hydrogen (secondary N) is 1. The average molecular weight is 413 g/mol. The third-order valence-corrected chi connectivity index (χ3v) is 4.51. The van der Waals surface area contributed by atoms with Gasteiger partial charge in [-0.2, -0.15) is 0 Å². The third kappa shape index (κ3) is 4.61. The molecule has 1 N–H and O–H groups in total. The fraction of sp³-hybridized carbons (Fsp3) is 0.0909. The van der Waals surface area contributed by atoms with Crippen molar-refractivity contribution in [3.8, 4) is 0 Å². The van der Waals surface area contributed by atoms with Crippen LogP contribution in [0.4, 0.5) is 29.0 Å². The van der Waals surface area contributed by atoms with Gasteiger partial charge in [0.15, 0.2) is 0 Å². The van der Waals surface area contributed by atoms with Gasteiger partial charge < -0.3 is 10.2 Å². The van der Waals surface area contributed by atoms with Gasteiger partial charge in [0, 0.05) is 12.4 Å². The molecule has 0 saturated heterocycles. The van der Waals surface area contributed by atoms with Gasteiger partial charge >= 0.3 is 5.69 Å². The highest BCUT2D eigenvalue weighted by Gasteiger charge is 2.29. The quantitative estimate of drug-likeness (QED) is 0.347. The van der Waals surface area contributed by atoms with Crippen LogP contribution in [0.1, 0.15) is 11.1 Å². The Balaban J connectivity index is 1.80. The maximum absolute atomic E-state index is 12.1. The number of aryl methyl sites for hydroxylation is 1. The molecule has 0 amide bonds. The summed E-state index contributed by atoms with van der Waals surface area (Å²) in [6, 6.07) is 18.6. The van der Waals surface area contributed by atoms with Crippen molar-refractivity contribution in [2.45, 2.75) is 13.5 Å². The number of anilines is 4. The molecule has 0 bridgehead atoms. The van der Waals surface area contributed by atoms with E-state index in [1.54, 1.807) is 35.5 Å². The monoisotopic (exact) mass is 413 g/mol. The fourth-order valence-electron chi connectivity index (χ4n) is 3.03. The van der Waals surface area contributed by atoms with Crippen LogP contribution in [0.3, 0.4) is 0 Å². The van der Waals surface area contributed by atoms with Crippen LogP contribution in [0.15, 0.2) is 79.4 Å². The van der Waals surface area contributed by atoms with Crippen molar-refractivity contribution in [1.82, 2.24) is 19.9 Å². The number of rotatable bonds is 7. The zero-order valence-electron chi connectivity index (χ0n) is 16.7. The van der Waals surface area contributed by atoms with E-state index in [0.717, 1.165) is 11.1 Å². The Morgan fingerprint density at radius 3 is 2.45 bits per heavy atom. The Kier molecular flexibility index (Phi) is 5.75. The summed E-state index contributed by atoms with van der Waals surface area (Å²) in [5.74, 6) is 1.18. The number of benzene rings is 1. The minimum absolute atomic E-state index is 0.0559. The van der Waals surface area contributed by atoms with Crippen LogP contribution in [0.2, 0.25) is 0 Å². The lowest BCUT2D eigenvalue weighted by Gasteiger charge is -2.23. The smallest absolute Gasteiger partial charge is 0.319 e. The molecule has 0 spiro atoms. The summed E-state index contributed by atoms with van der Waals surface area (Å²) in [5.41, 5.74) is 1.68. The van der Waals surface area contributed by atoms with Crippen molar-refractivity contribution < 1.29 is 4.92 Å². The van der Waals surface area contributed by atoms with Gasteiger partial charge in [-0.3, -0.25) is 10.1 Å². The van der Waals surface area contributed by atoms with Crippen LogP contribution in [-0.2, 0) is 6.54 Å². The molecule has 0 saturated carbocycles. The molecule has 154 valence electrons. The molecule has 9 nitrogen and oxygen atoms in total. The first-order chi connectivity index (χ1) is 15.1. The van der Waals surface area contributed by atoms with Gasteiger partial charge in [0.2, 0.25) is 11.6 Å². The molecular weight excluding hydrogens is 394 g/mol. The van der Waals surface area contributed by atoms with Gasteiger partial charge in [-0.1, -0.05) is 42.5 Å². The van der Waals surface area contributed by atoms with Crippen molar-refractivity contribution >= 4 is 29.0 Å². The summed E-state index contributed by atoms with van der Waals surface area (Å²) >= 11 is 0. The van der Waals surface area contributed by atoms with Crippen LogP contribution >= 0.6 is 0 Å². The molecule has 0 radical (unpaired) electrons. The minimum Gasteiger partial charge on any atom is -0.319 e. The molecule has 0 aliphatic carbocycles. The zero-order chi connectivity index (χ0) is 21.6. The number of pyridine rings is 2. The van der Waals surface area contributed by atoms with Crippen molar-refractivity contribution in [1.29, 1.82) is 0 Å². The highest BCUT2D eigenvalue weighted by Crippen LogP contribution is 2.37. The first-order valence-electron chi connectivity index (χ1n) is 9.53. The summed E-state index contributed by atoms with van der Waals surface area (Å²) in [6.45, 7) is 2.26. The molecule has 0 aliphatic heterocycles. The Morgan fingerprint density at radius 1 is 0.968 bits per heavy atom. The van der Waals surface area contributed by atoms with E-state index in [2.05, 4.69) is 25.3 Å². The molecule has 3 heterocycles. The Bertz CT molecular complexity index is 1170. The van der Waals surface area contributed by atoms with Gasteiger partial charge in [0.25, 0.3) is 0 Å². The van der Waals surface area contributed by atoms with E-state index in [-0.39, 0.29) is 17.3 Å². The second-order valence-corrected chi connectivity index (χ2v) is 6.76. The molecule has 31 heavy (non-hydrogen) atoms. The van der Waals surface area contributed by atoms with Gasteiger partial charge in [0.1, 0.15) is 18.0 Å². The minimum atomic E-state index is -0.493. The number of aromatic nitrogens is 4. The Morgan fingerprint density at radius 2 is 1.77 bits per heavy atom. The van der Waals surface area contributed by atoms with Gasteiger partial charge in [-0.05, 0) is 36.2 Å². The molecule has 0 fully saturated rings. The lowest BCUT2D eigenvalue weighted by atomic mass is 10.2. The van der Waals surface area contributed by atoms with Crippen LogP contribution in [0.5, 0.6) is 0 Å². The summed E-state index contributed by atoms with van der Waals surface area (Å²) in [4.78, 5) is 30.3. The van der Waals surface area contributed by atoms with E-state index < -0.39 is 4.92 Å². The second-order valence-electron chi connectivity index (χ2n) is 6.76. The highest BCUT2D eigenvalue weighted by atomic mass is 16.6. The lowest BCUT2D eigenvalue weighted by molar-refractivity contribution is -0.383. The van der Waals surface area contributed by atoms with E-state index in [1.807, 2.05) is 49.4 Å². The number of nitrogens with zero attached hydrogens (tertiary/aromatic N) is 6. The average Bonchev–Trinajstić information content (AvgIpc) is 2.80. The fourth-order valence-corrected chi connectivity index (χ4v) is 3.03. The molecule has 0 unspecified atom stereocenters. The molecule has 4 rings (SSSR count). The van der Waals surface area contributed by atoms with E-state index in [0.29, 0.717) is 18.2 Å². The molecule has 0 atom stereocenters. The van der Waals surface area contributed by atoms with Gasteiger partial charge in [0.05, 0.1) is 11.5 Å². The van der Waals surface area contributed by atoms with Crippen LogP contribution < -0.4 is 10.2 Å². The normalized spacial score (nSPS) is 10.5. The number of hydrogen-bond donors (Lipinski definition) is 1. The van der Waals surface area contributed by atoms with Crippen molar-refractivity contribution in [3.05, 3.63) is 101 Å². The molecule has 9 heteroatoms. The summed E-state index contributed by atoms with van der Waals surface area (Å²) in [6.07, 6.45) is 4.60. The highest BCUT2D eigenvalue weighted by molar-refractivity contribution is 5.76. The molecule has 1 aromatic carbocycles. The lowest BCUT2D eigenvalue weighted by Crippen LogP contribution is -2.21. The maximum atomic E-state index is 12.1.